The molecule has 0 amide bonds. The SMILES string of the molecule is Nc1cc(Br)ncc1-c1ccccc1. The Labute approximate surface area is 90.9 Å². The first kappa shape index (κ1) is 9.21. The van der Waals surface area contributed by atoms with E-state index in [2.05, 4.69) is 20.9 Å². The topological polar surface area (TPSA) is 38.9 Å². The van der Waals surface area contributed by atoms with Gasteiger partial charge in [0.2, 0.25) is 0 Å². The van der Waals surface area contributed by atoms with E-state index >= 15 is 0 Å². The van der Waals surface area contributed by atoms with Gasteiger partial charge in [0.05, 0.1) is 0 Å². The molecule has 0 atom stereocenters. The van der Waals surface area contributed by atoms with E-state index in [1.54, 1.807) is 6.20 Å². The van der Waals surface area contributed by atoms with Crippen LogP contribution in [0.1, 0.15) is 0 Å². The summed E-state index contributed by atoms with van der Waals surface area (Å²) in [7, 11) is 0. The van der Waals surface area contributed by atoms with Crippen molar-refractivity contribution in [2.24, 2.45) is 0 Å². The fraction of sp³-hybridized carbons (Fsp3) is 0. The third-order valence-electron chi connectivity index (χ3n) is 1.99. The number of benzene rings is 1. The Balaban J connectivity index is 2.53. The summed E-state index contributed by atoms with van der Waals surface area (Å²) in [5.74, 6) is 0. The van der Waals surface area contributed by atoms with Gasteiger partial charge in [-0.05, 0) is 27.6 Å². The lowest BCUT2D eigenvalue weighted by atomic mass is 10.1. The standard InChI is InChI=1S/C11H9BrN2/c12-11-6-10(13)9(7-14-11)8-4-2-1-3-5-8/h1-7H,(H2,13,14). The first-order chi connectivity index (χ1) is 6.77. The number of rotatable bonds is 1. The van der Waals surface area contributed by atoms with Crippen molar-refractivity contribution in [3.05, 3.63) is 47.2 Å². The van der Waals surface area contributed by atoms with Crippen LogP contribution in [-0.2, 0) is 0 Å². The number of nitrogen functional groups attached to an aromatic ring is 1. The second kappa shape index (κ2) is 3.80. The molecule has 2 aromatic rings. The number of anilines is 1. The van der Waals surface area contributed by atoms with Crippen molar-refractivity contribution in [3.8, 4) is 11.1 Å². The zero-order chi connectivity index (χ0) is 9.97. The van der Waals surface area contributed by atoms with Gasteiger partial charge in [0, 0.05) is 17.4 Å². The van der Waals surface area contributed by atoms with Crippen LogP contribution in [0.25, 0.3) is 11.1 Å². The summed E-state index contributed by atoms with van der Waals surface area (Å²) in [5.41, 5.74) is 8.67. The van der Waals surface area contributed by atoms with Gasteiger partial charge in [-0.2, -0.15) is 0 Å². The molecule has 1 aromatic heterocycles. The van der Waals surface area contributed by atoms with Gasteiger partial charge < -0.3 is 5.73 Å². The van der Waals surface area contributed by atoms with Gasteiger partial charge in [-0.25, -0.2) is 4.98 Å². The molecule has 70 valence electrons. The van der Waals surface area contributed by atoms with E-state index in [9.17, 15) is 0 Å². The molecule has 0 aliphatic heterocycles. The van der Waals surface area contributed by atoms with Crippen LogP contribution < -0.4 is 5.73 Å². The molecule has 3 heteroatoms. The molecule has 0 radical (unpaired) electrons. The van der Waals surface area contributed by atoms with E-state index in [1.165, 1.54) is 0 Å². The molecule has 2 rings (SSSR count). The van der Waals surface area contributed by atoms with Crippen LogP contribution in [0.5, 0.6) is 0 Å². The van der Waals surface area contributed by atoms with Crippen molar-refractivity contribution in [1.82, 2.24) is 4.98 Å². The maximum atomic E-state index is 5.88. The molecule has 0 aliphatic carbocycles. The molecule has 14 heavy (non-hydrogen) atoms. The monoisotopic (exact) mass is 248 g/mol. The molecule has 2 nitrogen and oxygen atoms in total. The van der Waals surface area contributed by atoms with Crippen LogP contribution in [0.15, 0.2) is 47.2 Å². The normalized spacial score (nSPS) is 10.1. The minimum Gasteiger partial charge on any atom is -0.398 e. The maximum absolute atomic E-state index is 5.88. The molecule has 0 fully saturated rings. The second-order valence-corrected chi connectivity index (χ2v) is 3.77. The van der Waals surface area contributed by atoms with E-state index < -0.39 is 0 Å². The van der Waals surface area contributed by atoms with Crippen molar-refractivity contribution < 1.29 is 0 Å². The average Bonchev–Trinajstić information content (AvgIpc) is 2.19. The molecule has 2 N–H and O–H groups in total. The van der Waals surface area contributed by atoms with Crippen LogP contribution in [-0.4, -0.2) is 4.98 Å². The predicted molar refractivity (Wildman–Crippen MR) is 61.8 cm³/mol. The fourth-order valence-corrected chi connectivity index (χ4v) is 1.65. The Kier molecular flexibility index (Phi) is 2.50. The smallest absolute Gasteiger partial charge is 0.108 e. The Morgan fingerprint density at radius 3 is 2.50 bits per heavy atom. The van der Waals surface area contributed by atoms with Crippen LogP contribution in [0, 0.1) is 0 Å². The van der Waals surface area contributed by atoms with Gasteiger partial charge in [0.15, 0.2) is 0 Å². The van der Waals surface area contributed by atoms with Crippen molar-refractivity contribution in [2.75, 3.05) is 5.73 Å². The van der Waals surface area contributed by atoms with Crippen molar-refractivity contribution in [3.63, 3.8) is 0 Å². The second-order valence-electron chi connectivity index (χ2n) is 2.96. The summed E-state index contributed by atoms with van der Waals surface area (Å²) in [6.07, 6.45) is 1.77. The summed E-state index contributed by atoms with van der Waals surface area (Å²) >= 11 is 3.28. The highest BCUT2D eigenvalue weighted by atomic mass is 79.9. The van der Waals surface area contributed by atoms with Gasteiger partial charge >= 0.3 is 0 Å². The van der Waals surface area contributed by atoms with Gasteiger partial charge in [-0.3, -0.25) is 0 Å². The molecule has 1 heterocycles. The van der Waals surface area contributed by atoms with Gasteiger partial charge in [-0.1, -0.05) is 30.3 Å². The fourth-order valence-electron chi connectivity index (χ4n) is 1.30. The molecule has 1 aromatic carbocycles. The number of nitrogens with zero attached hydrogens (tertiary/aromatic N) is 1. The zero-order valence-electron chi connectivity index (χ0n) is 7.44. The highest BCUT2D eigenvalue weighted by Crippen LogP contribution is 2.26. The first-order valence-corrected chi connectivity index (χ1v) is 5.03. The Hall–Kier alpha value is -1.35. The van der Waals surface area contributed by atoms with Crippen molar-refractivity contribution in [1.29, 1.82) is 0 Å². The lowest BCUT2D eigenvalue weighted by molar-refractivity contribution is 1.28. The molecular formula is C11H9BrN2. The van der Waals surface area contributed by atoms with E-state index in [-0.39, 0.29) is 0 Å². The lowest BCUT2D eigenvalue weighted by Crippen LogP contribution is -1.91. The molecule has 0 aliphatic rings. The summed E-state index contributed by atoms with van der Waals surface area (Å²) in [6, 6.07) is 11.8. The van der Waals surface area contributed by atoms with Crippen LogP contribution in [0.2, 0.25) is 0 Å². The lowest BCUT2D eigenvalue weighted by Gasteiger charge is -2.04. The number of hydrogen-bond donors (Lipinski definition) is 1. The minimum atomic E-state index is 0.734. The largest absolute Gasteiger partial charge is 0.398 e. The third kappa shape index (κ3) is 1.77. The summed E-state index contributed by atoms with van der Waals surface area (Å²) in [6.45, 7) is 0. The number of nitrogens with two attached hydrogens (primary N) is 1. The number of pyridine rings is 1. The highest BCUT2D eigenvalue weighted by Gasteiger charge is 2.02. The van der Waals surface area contributed by atoms with E-state index in [0.29, 0.717) is 0 Å². The summed E-state index contributed by atoms with van der Waals surface area (Å²) < 4.78 is 0.759. The first-order valence-electron chi connectivity index (χ1n) is 4.24. The third-order valence-corrected chi connectivity index (χ3v) is 2.42. The van der Waals surface area contributed by atoms with E-state index in [4.69, 9.17) is 5.73 Å². The average molecular weight is 249 g/mol. The highest BCUT2D eigenvalue weighted by molar-refractivity contribution is 9.10. The molecule has 0 saturated carbocycles. The van der Waals surface area contributed by atoms with Crippen LogP contribution >= 0.6 is 15.9 Å². The Morgan fingerprint density at radius 2 is 1.86 bits per heavy atom. The van der Waals surface area contributed by atoms with E-state index in [1.807, 2.05) is 36.4 Å². The quantitative estimate of drug-likeness (QED) is 0.788. The number of halogens is 1. The molecule has 0 saturated heterocycles. The van der Waals surface area contributed by atoms with Gasteiger partial charge in [0.1, 0.15) is 4.60 Å². The van der Waals surface area contributed by atoms with Gasteiger partial charge in [0.25, 0.3) is 0 Å². The van der Waals surface area contributed by atoms with Crippen molar-refractivity contribution in [2.45, 2.75) is 0 Å². The van der Waals surface area contributed by atoms with E-state index in [0.717, 1.165) is 21.4 Å². The Bertz CT molecular complexity index is 440. The number of hydrogen-bond acceptors (Lipinski definition) is 2. The summed E-state index contributed by atoms with van der Waals surface area (Å²) in [5, 5.41) is 0. The minimum absolute atomic E-state index is 0.734. The molecular weight excluding hydrogens is 240 g/mol. The predicted octanol–water partition coefficient (Wildman–Crippen LogP) is 3.09. The molecule has 0 unspecified atom stereocenters. The van der Waals surface area contributed by atoms with Crippen molar-refractivity contribution >= 4 is 21.6 Å². The van der Waals surface area contributed by atoms with Crippen LogP contribution in [0.3, 0.4) is 0 Å². The number of aromatic nitrogens is 1. The molecule has 0 bridgehead atoms. The summed E-state index contributed by atoms with van der Waals surface area (Å²) in [4.78, 5) is 4.15. The molecule has 0 spiro atoms. The van der Waals surface area contributed by atoms with Gasteiger partial charge in [-0.15, -0.1) is 0 Å². The maximum Gasteiger partial charge on any atom is 0.108 e. The zero-order valence-corrected chi connectivity index (χ0v) is 9.03. The Morgan fingerprint density at radius 1 is 1.14 bits per heavy atom. The van der Waals surface area contributed by atoms with Crippen LogP contribution in [0.4, 0.5) is 5.69 Å².